The molecule has 0 aliphatic carbocycles. The van der Waals surface area contributed by atoms with E-state index in [2.05, 4.69) is 101 Å². The van der Waals surface area contributed by atoms with E-state index in [9.17, 15) is 0 Å². The van der Waals surface area contributed by atoms with E-state index in [1.54, 1.807) is 7.11 Å². The summed E-state index contributed by atoms with van der Waals surface area (Å²) in [6.07, 6.45) is 2.37. The summed E-state index contributed by atoms with van der Waals surface area (Å²) in [5, 5.41) is 1.33. The van der Waals surface area contributed by atoms with Crippen molar-refractivity contribution in [3.05, 3.63) is 29.3 Å². The van der Waals surface area contributed by atoms with Gasteiger partial charge in [0.2, 0.25) is 0 Å². The van der Waals surface area contributed by atoms with Gasteiger partial charge in [-0.05, 0) is 56.2 Å². The lowest BCUT2D eigenvalue weighted by atomic mass is 10.1. The van der Waals surface area contributed by atoms with Crippen LogP contribution in [0.3, 0.4) is 0 Å². The largest absolute Gasteiger partial charge is 0.497 e. The standard InChI is InChI=1S/C25H46OP2/c1-22(2,3)27(23(4,5)6)17-19-14-15-21(26-13)16-20(19)18-28(24(7,8)9)25(10,11)12/h14-16H,17-18H2,1-13H3. The number of hydrogen-bond donors (Lipinski definition) is 0. The Morgan fingerprint density at radius 1 is 0.607 bits per heavy atom. The van der Waals surface area contributed by atoms with Crippen molar-refractivity contribution in [2.75, 3.05) is 7.11 Å². The number of rotatable bonds is 5. The van der Waals surface area contributed by atoms with Crippen LogP contribution in [-0.4, -0.2) is 27.7 Å². The number of methoxy groups -OCH3 is 1. The maximum Gasteiger partial charge on any atom is 0.119 e. The van der Waals surface area contributed by atoms with Crippen LogP contribution in [0.2, 0.25) is 0 Å². The highest BCUT2D eigenvalue weighted by molar-refractivity contribution is 7.60. The average Bonchev–Trinajstić information content (AvgIpc) is 2.46. The lowest BCUT2D eigenvalue weighted by Crippen LogP contribution is -2.27. The first-order chi connectivity index (χ1) is 12.4. The zero-order valence-electron chi connectivity index (χ0n) is 20.9. The Morgan fingerprint density at radius 3 is 1.29 bits per heavy atom. The second-order valence-electron chi connectivity index (χ2n) is 12.0. The quantitative estimate of drug-likeness (QED) is 0.429. The predicted molar refractivity (Wildman–Crippen MR) is 133 cm³/mol. The molecule has 0 spiro atoms. The molecule has 0 saturated heterocycles. The van der Waals surface area contributed by atoms with E-state index >= 15 is 0 Å². The van der Waals surface area contributed by atoms with E-state index in [1.807, 2.05) is 0 Å². The minimum absolute atomic E-state index is 0.164. The fourth-order valence-electron chi connectivity index (χ4n) is 4.33. The molecular formula is C25H46OP2. The van der Waals surface area contributed by atoms with Gasteiger partial charge in [0.25, 0.3) is 0 Å². The van der Waals surface area contributed by atoms with Crippen LogP contribution in [0.15, 0.2) is 18.2 Å². The van der Waals surface area contributed by atoms with Crippen molar-refractivity contribution in [2.24, 2.45) is 0 Å². The molecule has 0 fully saturated rings. The van der Waals surface area contributed by atoms with Crippen molar-refractivity contribution < 1.29 is 4.74 Å². The third kappa shape index (κ3) is 7.29. The predicted octanol–water partition coefficient (Wildman–Crippen LogP) is 8.85. The molecule has 0 aliphatic rings. The van der Waals surface area contributed by atoms with Crippen molar-refractivity contribution >= 4 is 15.8 Å². The maximum atomic E-state index is 5.61. The molecule has 1 rings (SSSR count). The first-order valence-electron chi connectivity index (χ1n) is 10.6. The second-order valence-corrected chi connectivity index (χ2v) is 19.7. The Balaban J connectivity index is 3.43. The summed E-state index contributed by atoms with van der Waals surface area (Å²) in [7, 11) is 1.44. The SMILES string of the molecule is COc1ccc(CP(C(C)(C)C)C(C)(C)C)c(CP(C(C)(C)C)C(C)(C)C)c1. The molecule has 1 aromatic carbocycles. The van der Waals surface area contributed by atoms with E-state index in [0.29, 0.717) is 20.6 Å². The van der Waals surface area contributed by atoms with Crippen LogP contribution >= 0.6 is 15.8 Å². The normalized spacial score (nSPS) is 14.1. The second kappa shape index (κ2) is 8.94. The van der Waals surface area contributed by atoms with Crippen LogP contribution in [0.5, 0.6) is 5.75 Å². The van der Waals surface area contributed by atoms with Crippen LogP contribution in [0.1, 0.15) is 94.2 Å². The van der Waals surface area contributed by atoms with E-state index in [-0.39, 0.29) is 15.8 Å². The molecule has 162 valence electrons. The summed E-state index contributed by atoms with van der Waals surface area (Å²) < 4.78 is 5.61. The molecule has 0 saturated carbocycles. The number of hydrogen-bond acceptors (Lipinski definition) is 1. The van der Waals surface area contributed by atoms with Crippen LogP contribution in [0, 0.1) is 0 Å². The van der Waals surface area contributed by atoms with E-state index < -0.39 is 0 Å². The molecule has 0 heterocycles. The first-order valence-corrected chi connectivity index (χ1v) is 13.6. The van der Waals surface area contributed by atoms with Gasteiger partial charge in [-0.3, -0.25) is 0 Å². The first kappa shape index (κ1) is 25.9. The maximum absolute atomic E-state index is 5.61. The molecule has 0 bridgehead atoms. The van der Waals surface area contributed by atoms with Crippen LogP contribution in [-0.2, 0) is 12.3 Å². The monoisotopic (exact) mass is 424 g/mol. The van der Waals surface area contributed by atoms with Crippen molar-refractivity contribution in [3.8, 4) is 5.75 Å². The zero-order valence-corrected chi connectivity index (χ0v) is 22.7. The summed E-state index contributed by atoms with van der Waals surface area (Å²) >= 11 is 0. The molecular weight excluding hydrogens is 378 g/mol. The Bertz CT molecular complexity index is 608. The molecule has 0 amide bonds. The minimum Gasteiger partial charge on any atom is -0.497 e. The van der Waals surface area contributed by atoms with Crippen molar-refractivity contribution in [2.45, 2.75) is 116 Å². The van der Waals surface area contributed by atoms with Gasteiger partial charge >= 0.3 is 0 Å². The Morgan fingerprint density at radius 2 is 0.964 bits per heavy atom. The van der Waals surface area contributed by atoms with Crippen LogP contribution < -0.4 is 4.74 Å². The van der Waals surface area contributed by atoms with E-state index in [4.69, 9.17) is 4.74 Å². The molecule has 28 heavy (non-hydrogen) atoms. The molecule has 0 aromatic heterocycles. The molecule has 1 aromatic rings. The smallest absolute Gasteiger partial charge is 0.119 e. The lowest BCUT2D eigenvalue weighted by molar-refractivity contribution is 0.414. The van der Waals surface area contributed by atoms with Gasteiger partial charge in [0.05, 0.1) is 7.11 Å². The van der Waals surface area contributed by atoms with Crippen molar-refractivity contribution in [1.82, 2.24) is 0 Å². The van der Waals surface area contributed by atoms with Crippen LogP contribution in [0.4, 0.5) is 0 Å². The van der Waals surface area contributed by atoms with Gasteiger partial charge in [-0.1, -0.05) is 105 Å². The fraction of sp³-hybridized carbons (Fsp3) is 0.760. The Hall–Kier alpha value is -0.120. The molecule has 1 nitrogen and oxygen atoms in total. The van der Waals surface area contributed by atoms with Gasteiger partial charge in [-0.15, -0.1) is 0 Å². The Labute approximate surface area is 178 Å². The molecule has 0 unspecified atom stereocenters. The lowest BCUT2D eigenvalue weighted by Gasteiger charge is -2.43. The van der Waals surface area contributed by atoms with Crippen molar-refractivity contribution in [3.63, 3.8) is 0 Å². The van der Waals surface area contributed by atoms with Gasteiger partial charge in [0, 0.05) is 0 Å². The highest BCUT2D eigenvalue weighted by Gasteiger charge is 2.37. The number of ether oxygens (including phenoxy) is 1. The highest BCUT2D eigenvalue weighted by atomic mass is 31.1. The summed E-state index contributed by atoms with van der Waals surface area (Å²) in [6.45, 7) is 29.0. The molecule has 0 N–H and O–H groups in total. The van der Waals surface area contributed by atoms with Gasteiger partial charge in [-0.2, -0.15) is 0 Å². The molecule has 0 radical (unpaired) electrons. The molecule has 3 heteroatoms. The van der Waals surface area contributed by atoms with Crippen molar-refractivity contribution in [1.29, 1.82) is 0 Å². The third-order valence-electron chi connectivity index (χ3n) is 5.31. The molecule has 0 aliphatic heterocycles. The summed E-state index contributed by atoms with van der Waals surface area (Å²) in [5.41, 5.74) is 3.05. The zero-order chi connectivity index (χ0) is 22.1. The number of benzene rings is 1. The molecule has 0 atom stereocenters. The van der Waals surface area contributed by atoms with E-state index in [1.165, 1.54) is 23.5 Å². The average molecular weight is 425 g/mol. The summed E-state index contributed by atoms with van der Waals surface area (Å²) in [5.74, 6) is 0.993. The minimum atomic E-state index is -0.182. The summed E-state index contributed by atoms with van der Waals surface area (Å²) in [6, 6.07) is 6.83. The van der Waals surface area contributed by atoms with Gasteiger partial charge < -0.3 is 4.74 Å². The third-order valence-corrected chi connectivity index (χ3v) is 13.1. The summed E-state index contributed by atoms with van der Waals surface area (Å²) in [4.78, 5) is 0. The van der Waals surface area contributed by atoms with Crippen LogP contribution in [0.25, 0.3) is 0 Å². The van der Waals surface area contributed by atoms with Gasteiger partial charge in [0.1, 0.15) is 5.75 Å². The Kier molecular flexibility index (Phi) is 8.27. The highest BCUT2D eigenvalue weighted by Crippen LogP contribution is 2.64. The topological polar surface area (TPSA) is 9.23 Å². The van der Waals surface area contributed by atoms with E-state index in [0.717, 1.165) is 5.75 Å². The van der Waals surface area contributed by atoms with Gasteiger partial charge in [0.15, 0.2) is 0 Å². The fourth-order valence-corrected chi connectivity index (χ4v) is 11.5. The van der Waals surface area contributed by atoms with Gasteiger partial charge in [-0.25, -0.2) is 0 Å².